The Bertz CT molecular complexity index is 851. The molecule has 0 aromatic rings. The van der Waals surface area contributed by atoms with Crippen LogP contribution in [0.15, 0.2) is 12.2 Å². The number of ether oxygens (including phenoxy) is 1. The highest BCUT2D eigenvalue weighted by atomic mass is 16.6. The topological polar surface area (TPSA) is 113 Å². The third kappa shape index (κ3) is 5.89. The largest absolute Gasteiger partial charge is 0.481 e. The highest BCUT2D eigenvalue weighted by Crippen LogP contribution is 2.57. The summed E-state index contributed by atoms with van der Waals surface area (Å²) in [5.41, 5.74) is -1.05. The Kier molecular flexibility index (Phi) is 8.17. The first kappa shape index (κ1) is 25.7. The highest BCUT2D eigenvalue weighted by molar-refractivity contribution is 5.96. The number of aliphatic carboxylic acids is 1. The Labute approximate surface area is 207 Å². The lowest BCUT2D eigenvalue weighted by atomic mass is 9.90. The van der Waals surface area contributed by atoms with Crippen LogP contribution in [0, 0.1) is 17.3 Å². The van der Waals surface area contributed by atoms with Gasteiger partial charge < -0.3 is 20.1 Å². The third-order valence-electron chi connectivity index (χ3n) is 8.57. The zero-order valence-electron chi connectivity index (χ0n) is 20.9. The van der Waals surface area contributed by atoms with Crippen LogP contribution in [-0.2, 0) is 19.1 Å². The van der Waals surface area contributed by atoms with Crippen LogP contribution in [0.3, 0.4) is 0 Å². The van der Waals surface area contributed by atoms with Crippen molar-refractivity contribution in [2.75, 3.05) is 6.54 Å². The van der Waals surface area contributed by atoms with Crippen molar-refractivity contribution < 1.29 is 29.0 Å². The molecule has 0 aromatic heterocycles. The van der Waals surface area contributed by atoms with E-state index in [0.29, 0.717) is 25.8 Å². The molecule has 1 saturated heterocycles. The number of nitrogens with zero attached hydrogens (tertiary/aromatic N) is 1. The van der Waals surface area contributed by atoms with Gasteiger partial charge in [-0.25, -0.2) is 4.79 Å². The number of nitrogens with one attached hydrogen (secondary N) is 1. The van der Waals surface area contributed by atoms with Crippen LogP contribution in [0.5, 0.6) is 0 Å². The van der Waals surface area contributed by atoms with Crippen molar-refractivity contribution in [3.63, 3.8) is 0 Å². The Hall–Kier alpha value is -2.38. The second-order valence-corrected chi connectivity index (χ2v) is 11.0. The summed E-state index contributed by atoms with van der Waals surface area (Å²) < 4.78 is 5.56. The molecular weight excluding hydrogens is 448 g/mol. The molecule has 4 aliphatic rings. The maximum absolute atomic E-state index is 13.7. The van der Waals surface area contributed by atoms with Crippen LogP contribution in [0.25, 0.3) is 0 Å². The van der Waals surface area contributed by atoms with E-state index < -0.39 is 29.6 Å². The molecule has 2 heterocycles. The van der Waals surface area contributed by atoms with Crippen LogP contribution in [0.4, 0.5) is 4.79 Å². The molecule has 35 heavy (non-hydrogen) atoms. The first-order valence-corrected chi connectivity index (χ1v) is 13.5. The number of alkyl carbamates (subject to hydrolysis) is 1. The molecule has 5 atom stereocenters. The number of rotatable bonds is 4. The number of Topliss-reactive ketones (excluding diaryl/α,β-unsaturated/α-hetero) is 1. The van der Waals surface area contributed by atoms with Crippen LogP contribution >= 0.6 is 0 Å². The summed E-state index contributed by atoms with van der Waals surface area (Å²) >= 11 is 0. The molecule has 2 amide bonds. The number of fused-ring (bicyclic) bond motifs is 2. The number of ketones is 1. The fraction of sp³-hybridized carbons (Fsp3) is 0.778. The van der Waals surface area contributed by atoms with E-state index in [2.05, 4.69) is 5.32 Å². The normalized spacial score (nSPS) is 35.4. The molecule has 2 N–H and O–H groups in total. The van der Waals surface area contributed by atoms with Crippen molar-refractivity contribution >= 4 is 23.8 Å². The number of hydrogen-bond acceptors (Lipinski definition) is 5. The molecule has 0 bridgehead atoms. The van der Waals surface area contributed by atoms with Gasteiger partial charge in [0.25, 0.3) is 0 Å². The second-order valence-electron chi connectivity index (χ2n) is 11.0. The molecule has 3 fully saturated rings. The molecular formula is C27H40N2O6. The van der Waals surface area contributed by atoms with Crippen LogP contribution in [-0.4, -0.2) is 58.5 Å². The van der Waals surface area contributed by atoms with Gasteiger partial charge in [0.15, 0.2) is 5.78 Å². The van der Waals surface area contributed by atoms with Crippen molar-refractivity contribution in [1.82, 2.24) is 10.2 Å². The maximum atomic E-state index is 13.7. The SMILES string of the molecule is CC[C@@H]1C[C@H]2C(=O)C[C@]3(C(=O)O)C[C@H]3/C=C\CCCCC[C@H](NC(=O)OC3CCCC3)C(=O)N2C1. The van der Waals surface area contributed by atoms with Gasteiger partial charge in [-0.1, -0.05) is 38.3 Å². The number of carboxylic acid groups (broad SMARTS) is 1. The summed E-state index contributed by atoms with van der Waals surface area (Å²) in [5.74, 6) is -1.28. The first-order valence-electron chi connectivity index (χ1n) is 13.5. The summed E-state index contributed by atoms with van der Waals surface area (Å²) in [6.07, 6.45) is 12.9. The Morgan fingerprint density at radius 2 is 1.89 bits per heavy atom. The molecule has 0 radical (unpaired) electrons. The van der Waals surface area contributed by atoms with Crippen molar-refractivity contribution in [2.45, 2.75) is 109 Å². The van der Waals surface area contributed by atoms with Crippen molar-refractivity contribution in [3.8, 4) is 0 Å². The minimum Gasteiger partial charge on any atom is -0.481 e. The molecule has 0 aromatic carbocycles. The van der Waals surface area contributed by atoms with Gasteiger partial charge in [-0.15, -0.1) is 0 Å². The van der Waals surface area contributed by atoms with Crippen LogP contribution in [0.2, 0.25) is 0 Å². The summed E-state index contributed by atoms with van der Waals surface area (Å²) in [6.45, 7) is 2.51. The predicted molar refractivity (Wildman–Crippen MR) is 130 cm³/mol. The molecule has 8 heteroatoms. The molecule has 2 saturated carbocycles. The average molecular weight is 489 g/mol. The Morgan fingerprint density at radius 3 is 2.60 bits per heavy atom. The van der Waals surface area contributed by atoms with Gasteiger partial charge in [0.2, 0.25) is 5.91 Å². The number of carbonyl (C=O) groups is 4. The molecule has 2 aliphatic carbocycles. The van der Waals surface area contributed by atoms with E-state index >= 15 is 0 Å². The summed E-state index contributed by atoms with van der Waals surface area (Å²) in [7, 11) is 0. The number of allylic oxidation sites excluding steroid dienone is 2. The fourth-order valence-corrected chi connectivity index (χ4v) is 6.15. The number of hydrogen-bond donors (Lipinski definition) is 2. The van der Waals surface area contributed by atoms with Crippen LogP contribution in [0.1, 0.15) is 90.4 Å². The third-order valence-corrected chi connectivity index (χ3v) is 8.57. The van der Waals surface area contributed by atoms with Crippen molar-refractivity contribution in [3.05, 3.63) is 12.2 Å². The van der Waals surface area contributed by atoms with E-state index in [1.165, 1.54) is 0 Å². The molecule has 4 rings (SSSR count). The quantitative estimate of drug-likeness (QED) is 0.573. The zero-order valence-corrected chi connectivity index (χ0v) is 20.9. The maximum Gasteiger partial charge on any atom is 0.408 e. The minimum atomic E-state index is -1.05. The van der Waals surface area contributed by atoms with Gasteiger partial charge in [-0.2, -0.15) is 0 Å². The molecule has 0 spiro atoms. The van der Waals surface area contributed by atoms with E-state index in [9.17, 15) is 24.3 Å². The molecule has 0 unspecified atom stereocenters. The zero-order chi connectivity index (χ0) is 25.0. The highest BCUT2D eigenvalue weighted by Gasteiger charge is 2.61. The van der Waals surface area contributed by atoms with Gasteiger partial charge >= 0.3 is 12.1 Å². The Morgan fingerprint density at radius 1 is 1.14 bits per heavy atom. The van der Waals surface area contributed by atoms with E-state index in [-0.39, 0.29) is 36.1 Å². The van der Waals surface area contributed by atoms with Gasteiger partial charge in [0.1, 0.15) is 12.1 Å². The summed E-state index contributed by atoms with van der Waals surface area (Å²) in [5, 5.41) is 12.7. The van der Waals surface area contributed by atoms with E-state index in [0.717, 1.165) is 57.8 Å². The van der Waals surface area contributed by atoms with Crippen molar-refractivity contribution in [1.29, 1.82) is 0 Å². The molecule has 2 aliphatic heterocycles. The van der Waals surface area contributed by atoms with Crippen LogP contribution < -0.4 is 5.32 Å². The first-order chi connectivity index (χ1) is 16.8. The van der Waals surface area contributed by atoms with Gasteiger partial charge in [0, 0.05) is 13.0 Å². The van der Waals surface area contributed by atoms with E-state index in [1.807, 2.05) is 19.1 Å². The number of amides is 2. The molecule has 194 valence electrons. The van der Waals surface area contributed by atoms with Gasteiger partial charge in [0.05, 0.1) is 11.5 Å². The van der Waals surface area contributed by atoms with E-state index in [1.54, 1.807) is 4.90 Å². The monoisotopic (exact) mass is 488 g/mol. The number of carbonyl (C=O) groups excluding carboxylic acids is 3. The smallest absolute Gasteiger partial charge is 0.408 e. The van der Waals surface area contributed by atoms with E-state index in [4.69, 9.17) is 4.74 Å². The number of carboxylic acids is 1. The Balaban J connectivity index is 1.53. The predicted octanol–water partition coefficient (Wildman–Crippen LogP) is 4.22. The van der Waals surface area contributed by atoms with Gasteiger partial charge in [-0.05, 0) is 69.6 Å². The average Bonchev–Trinajstić information content (AvgIpc) is 3.17. The summed E-state index contributed by atoms with van der Waals surface area (Å²) in [6, 6.07) is -1.37. The van der Waals surface area contributed by atoms with Gasteiger partial charge in [-0.3, -0.25) is 14.4 Å². The lowest BCUT2D eigenvalue weighted by molar-refractivity contribution is -0.147. The summed E-state index contributed by atoms with van der Waals surface area (Å²) in [4.78, 5) is 53.6. The minimum absolute atomic E-state index is 0.0515. The molecule has 8 nitrogen and oxygen atoms in total. The second kappa shape index (κ2) is 11.1. The lowest BCUT2D eigenvalue weighted by Crippen LogP contribution is -2.52. The fourth-order valence-electron chi connectivity index (χ4n) is 6.15. The lowest BCUT2D eigenvalue weighted by Gasteiger charge is -2.29. The van der Waals surface area contributed by atoms with Crippen molar-refractivity contribution in [2.24, 2.45) is 17.3 Å². The standard InChI is InChI=1S/C27H40N2O6/c1-2-18-14-22-23(30)16-27(25(32)33)15-19(27)10-6-4-3-5-7-13-21(24(31)29(22)17-18)28-26(34)35-20-11-8-9-12-20/h6,10,18-22H,2-5,7-9,11-17H2,1H3,(H,28,34)(H,32,33)/b10-6-/t18-,19-,21+,22+,27-/m1/s1.